The molecule has 1 fully saturated rings. The second-order valence-electron chi connectivity index (χ2n) is 12.2. The fourth-order valence-corrected chi connectivity index (χ4v) is 5.85. The predicted octanol–water partition coefficient (Wildman–Crippen LogP) is 5.45. The predicted molar refractivity (Wildman–Crippen MR) is 192 cm³/mol. The summed E-state index contributed by atoms with van der Waals surface area (Å²) < 4.78 is 5.76. The molecule has 10 heteroatoms. The zero-order chi connectivity index (χ0) is 34.4. The smallest absolute Gasteiger partial charge is 0.411 e. The number of nitrogens with zero attached hydrogens (tertiary/aromatic N) is 1. The number of Topliss-reactive ketones (excluding diaryl/α,β-unsaturated/α-hetero) is 1. The lowest BCUT2D eigenvalue weighted by atomic mass is 10.0. The number of likely N-dealkylation sites (tertiary alicyclic amines) is 1. The molecular weight excluding hydrogens is 618 g/mol. The maximum absolute atomic E-state index is 13.1. The molecule has 1 atom stereocenters. The minimum Gasteiger partial charge on any atom is -0.508 e. The van der Waals surface area contributed by atoms with Crippen molar-refractivity contribution < 1.29 is 24.2 Å². The van der Waals surface area contributed by atoms with Gasteiger partial charge in [-0.1, -0.05) is 78.9 Å². The number of carbonyl (C=O) groups is 3. The van der Waals surface area contributed by atoms with E-state index in [4.69, 9.17) is 4.74 Å². The van der Waals surface area contributed by atoms with Crippen LogP contribution in [0.1, 0.15) is 46.0 Å². The van der Waals surface area contributed by atoms with Crippen molar-refractivity contribution in [2.75, 3.05) is 44.6 Å². The van der Waals surface area contributed by atoms with Gasteiger partial charge in [0.15, 0.2) is 5.78 Å². The largest absolute Gasteiger partial charge is 0.508 e. The van der Waals surface area contributed by atoms with Gasteiger partial charge >= 0.3 is 6.09 Å². The molecule has 49 heavy (non-hydrogen) atoms. The number of anilines is 1. The molecule has 0 spiro atoms. The zero-order valence-corrected chi connectivity index (χ0v) is 27.9. The van der Waals surface area contributed by atoms with E-state index >= 15 is 0 Å². The molecule has 2 amide bonds. The fraction of sp³-hybridized carbons (Fsp3) is 0.308. The van der Waals surface area contributed by atoms with Gasteiger partial charge in [0.25, 0.3) is 5.91 Å². The third-order valence-corrected chi connectivity index (χ3v) is 8.63. The zero-order valence-electron chi connectivity index (χ0n) is 27.9. The summed E-state index contributed by atoms with van der Waals surface area (Å²) >= 11 is 0. The van der Waals surface area contributed by atoms with Crippen molar-refractivity contribution in [2.24, 2.45) is 0 Å². The number of para-hydroxylation sites is 2. The van der Waals surface area contributed by atoms with Crippen molar-refractivity contribution in [2.45, 2.75) is 38.5 Å². The number of aromatic hydroxyl groups is 1. The van der Waals surface area contributed by atoms with Crippen LogP contribution in [0.2, 0.25) is 0 Å². The van der Waals surface area contributed by atoms with Gasteiger partial charge in [-0.05, 0) is 49.6 Å². The highest BCUT2D eigenvalue weighted by atomic mass is 16.6. The van der Waals surface area contributed by atoms with Crippen molar-refractivity contribution in [1.29, 1.82) is 0 Å². The Hall–Kier alpha value is -5.03. The summed E-state index contributed by atoms with van der Waals surface area (Å²) in [5.41, 5.74) is 4.38. The topological polar surface area (TPSA) is 132 Å². The Morgan fingerprint density at radius 3 is 2.35 bits per heavy atom. The highest BCUT2D eigenvalue weighted by molar-refractivity contribution is 6.03. The third kappa shape index (κ3) is 10.5. The van der Waals surface area contributed by atoms with Gasteiger partial charge in [0, 0.05) is 68.1 Å². The molecule has 5 N–H and O–H groups in total. The van der Waals surface area contributed by atoms with Crippen LogP contribution in [0.25, 0.3) is 11.1 Å². The Morgan fingerprint density at radius 2 is 1.55 bits per heavy atom. The summed E-state index contributed by atoms with van der Waals surface area (Å²) in [6.07, 6.45) is 0.876. The van der Waals surface area contributed by atoms with Gasteiger partial charge in [0.05, 0.1) is 11.7 Å². The average molecular weight is 664 g/mol. The van der Waals surface area contributed by atoms with E-state index in [1.54, 1.807) is 36.4 Å². The lowest BCUT2D eigenvalue weighted by Crippen LogP contribution is -2.44. The Morgan fingerprint density at radius 1 is 0.837 bits per heavy atom. The highest BCUT2D eigenvalue weighted by Gasteiger charge is 2.23. The van der Waals surface area contributed by atoms with E-state index in [0.717, 1.165) is 49.2 Å². The van der Waals surface area contributed by atoms with Crippen LogP contribution in [-0.2, 0) is 11.3 Å². The standard InChI is InChI=1S/C39H45N5O5/c1-28(37(46)30-13-9-14-31(26-30)38(47)42-21-20-40-27-32-12-5-8-17-36(32)45)41-22-25-44-23-18-33(19-24-44)49-39(48)43-35-16-7-6-15-34(35)29-10-3-2-4-11-29/h2-17,26,28,33,40-41,45H,18-25,27H2,1H3,(H,42,47)(H,43,48). The lowest BCUT2D eigenvalue weighted by molar-refractivity contribution is 0.0590. The first-order valence-corrected chi connectivity index (χ1v) is 16.9. The second-order valence-corrected chi connectivity index (χ2v) is 12.2. The van der Waals surface area contributed by atoms with E-state index in [-0.39, 0.29) is 23.5 Å². The third-order valence-electron chi connectivity index (χ3n) is 8.63. The number of phenolic OH excluding ortho intramolecular Hbond substituents is 1. The van der Waals surface area contributed by atoms with Crippen molar-refractivity contribution in [3.63, 3.8) is 0 Å². The number of benzene rings is 4. The quantitative estimate of drug-likeness (QED) is 0.0838. The van der Waals surface area contributed by atoms with Crippen molar-refractivity contribution in [3.05, 3.63) is 120 Å². The number of hydrogen-bond acceptors (Lipinski definition) is 8. The number of carbonyl (C=O) groups excluding carboxylic acids is 3. The first-order valence-electron chi connectivity index (χ1n) is 16.9. The number of ether oxygens (including phenoxy) is 1. The van der Waals surface area contributed by atoms with Crippen LogP contribution in [0, 0.1) is 0 Å². The number of piperidine rings is 1. The molecule has 1 saturated heterocycles. The van der Waals surface area contributed by atoms with Gasteiger partial charge in [-0.25, -0.2) is 4.79 Å². The SMILES string of the molecule is CC(NCCN1CCC(OC(=O)Nc2ccccc2-c2ccccc2)CC1)C(=O)c1cccc(C(=O)NCCNCc2ccccc2O)c1. The molecule has 0 aliphatic carbocycles. The molecule has 1 heterocycles. The Balaban J connectivity index is 0.983. The summed E-state index contributed by atoms with van der Waals surface area (Å²) in [6.45, 7) is 6.25. The van der Waals surface area contributed by atoms with E-state index < -0.39 is 12.1 Å². The molecule has 1 aliphatic rings. The van der Waals surface area contributed by atoms with Gasteiger partial charge < -0.3 is 30.7 Å². The number of hydrogen-bond donors (Lipinski definition) is 5. The van der Waals surface area contributed by atoms with Gasteiger partial charge in [0.2, 0.25) is 0 Å². The summed E-state index contributed by atoms with van der Waals surface area (Å²) in [6, 6.07) is 31.1. The number of amides is 2. The molecule has 1 aliphatic heterocycles. The van der Waals surface area contributed by atoms with Crippen LogP contribution in [0.15, 0.2) is 103 Å². The lowest BCUT2D eigenvalue weighted by Gasteiger charge is -2.31. The maximum atomic E-state index is 13.1. The number of phenols is 1. The average Bonchev–Trinajstić information content (AvgIpc) is 3.13. The second kappa shape index (κ2) is 17.9. The number of rotatable bonds is 15. The minimum absolute atomic E-state index is 0.0778. The minimum atomic E-state index is -0.449. The molecule has 1 unspecified atom stereocenters. The molecule has 0 aromatic heterocycles. The monoisotopic (exact) mass is 663 g/mol. The summed E-state index contributed by atoms with van der Waals surface area (Å²) in [4.78, 5) is 40.9. The van der Waals surface area contributed by atoms with Crippen LogP contribution >= 0.6 is 0 Å². The maximum Gasteiger partial charge on any atom is 0.411 e. The van der Waals surface area contributed by atoms with E-state index in [1.807, 2.05) is 73.7 Å². The van der Waals surface area contributed by atoms with Crippen molar-refractivity contribution in [1.82, 2.24) is 20.9 Å². The molecular formula is C39H45N5O5. The van der Waals surface area contributed by atoms with E-state index in [1.165, 1.54) is 0 Å². The van der Waals surface area contributed by atoms with Crippen LogP contribution in [-0.4, -0.2) is 79.2 Å². The summed E-state index contributed by atoms with van der Waals surface area (Å²) in [5, 5.41) is 22.2. The highest BCUT2D eigenvalue weighted by Crippen LogP contribution is 2.28. The summed E-state index contributed by atoms with van der Waals surface area (Å²) in [7, 11) is 0. The molecule has 4 aromatic rings. The Labute approximate surface area is 287 Å². The summed E-state index contributed by atoms with van der Waals surface area (Å²) in [5.74, 6) is -0.0907. The molecule has 4 aromatic carbocycles. The number of nitrogens with one attached hydrogen (secondary N) is 4. The molecule has 10 nitrogen and oxygen atoms in total. The van der Waals surface area contributed by atoms with E-state index in [0.29, 0.717) is 43.0 Å². The van der Waals surface area contributed by atoms with Crippen LogP contribution in [0.5, 0.6) is 5.75 Å². The fourth-order valence-electron chi connectivity index (χ4n) is 5.85. The molecule has 256 valence electrons. The van der Waals surface area contributed by atoms with Crippen LogP contribution < -0.4 is 21.3 Å². The van der Waals surface area contributed by atoms with E-state index in [9.17, 15) is 19.5 Å². The van der Waals surface area contributed by atoms with Gasteiger partial charge in [-0.15, -0.1) is 0 Å². The molecule has 0 saturated carbocycles. The Bertz CT molecular complexity index is 1690. The van der Waals surface area contributed by atoms with Gasteiger partial charge in [-0.3, -0.25) is 14.9 Å². The molecule has 0 radical (unpaired) electrons. The molecule has 0 bridgehead atoms. The van der Waals surface area contributed by atoms with Crippen LogP contribution in [0.4, 0.5) is 10.5 Å². The first-order chi connectivity index (χ1) is 23.9. The Kier molecular flexibility index (Phi) is 12.9. The van der Waals surface area contributed by atoms with E-state index in [2.05, 4.69) is 26.2 Å². The first kappa shape index (κ1) is 35.3. The van der Waals surface area contributed by atoms with Crippen molar-refractivity contribution >= 4 is 23.5 Å². The normalized spacial score (nSPS) is 14.1. The van der Waals surface area contributed by atoms with Gasteiger partial charge in [0.1, 0.15) is 11.9 Å². The molecule has 5 rings (SSSR count). The van der Waals surface area contributed by atoms with Crippen LogP contribution in [0.3, 0.4) is 0 Å². The van der Waals surface area contributed by atoms with Crippen molar-refractivity contribution in [3.8, 4) is 16.9 Å². The van der Waals surface area contributed by atoms with Gasteiger partial charge in [-0.2, -0.15) is 0 Å². The number of ketones is 1.